The van der Waals surface area contributed by atoms with Crippen molar-refractivity contribution >= 4 is 33.6 Å². The maximum Gasteiger partial charge on any atom is 0.472 e. The Kier molecular flexibility index (Phi) is 79.6. The Hall–Kier alpha value is -5.61. The standard InChI is InChI=1S/C93H152O16P2/c1-4-7-10-13-16-19-22-25-28-31-34-37-39-40-41-42-43-44-45-46-48-51-52-55-58-61-64-67-70-73-76-79-91(96)103-82-88(94)83-105-110(99,100)106-84-89(95)85-107-111(101,102)108-87-90(109-93(98)81-78-75-72-69-66-63-60-57-54-49-36-33-30-27-24-21-18-15-12-9-6-3)86-104-92(97)80-77-74-71-68-65-62-59-56-53-50-47-38-35-32-29-26-23-20-17-14-11-8-5-2/h7,9-10,12,16-21,25-30,34-38,40-41,43-44,49-50,53,57,60,66,69,88-90,94-95H,4-6,8,11,13-15,22-24,31-33,39,42,45-48,51-52,54-56,58-59,61-65,67-68,70-87H2,1-3H3,(H,99,100)(H,101,102)/b10-7-,12-9-,19-16-,20-17-,21-18-,28-25-,29-26-,30-27-,37-34-,38-35-,41-40-,44-43-,49-36-,53-50-,60-57-,69-66-. The maximum atomic E-state index is 13.0. The number of hydrogen-bond donors (Lipinski definition) is 4. The number of allylic oxidation sites excluding steroid dienone is 32. The van der Waals surface area contributed by atoms with E-state index in [0.717, 1.165) is 173 Å². The predicted molar refractivity (Wildman–Crippen MR) is 463 cm³/mol. The number of phosphoric ester groups is 2. The number of ether oxygens (including phenoxy) is 3. The Labute approximate surface area is 674 Å². The van der Waals surface area contributed by atoms with Crippen LogP contribution in [0.3, 0.4) is 0 Å². The second-order valence-electron chi connectivity index (χ2n) is 27.9. The number of aliphatic hydroxyl groups excluding tert-OH is 2. The van der Waals surface area contributed by atoms with Gasteiger partial charge < -0.3 is 34.2 Å². The van der Waals surface area contributed by atoms with Gasteiger partial charge in [0.1, 0.15) is 25.4 Å². The molecule has 0 saturated heterocycles. The smallest absolute Gasteiger partial charge is 0.463 e. The summed E-state index contributed by atoms with van der Waals surface area (Å²) in [6, 6.07) is 0. The minimum absolute atomic E-state index is 0.0398. The Morgan fingerprint density at radius 2 is 0.477 bits per heavy atom. The molecule has 5 atom stereocenters. The van der Waals surface area contributed by atoms with Crippen molar-refractivity contribution in [1.82, 2.24) is 0 Å². The summed E-state index contributed by atoms with van der Waals surface area (Å²) in [5.41, 5.74) is 0. The van der Waals surface area contributed by atoms with Crippen LogP contribution < -0.4 is 0 Å². The molecule has 0 heterocycles. The van der Waals surface area contributed by atoms with Crippen molar-refractivity contribution in [2.75, 3.05) is 39.6 Å². The normalized spacial score (nSPS) is 14.8. The van der Waals surface area contributed by atoms with Gasteiger partial charge in [-0.2, -0.15) is 0 Å². The summed E-state index contributed by atoms with van der Waals surface area (Å²) in [6.07, 6.45) is 110. The van der Waals surface area contributed by atoms with Gasteiger partial charge >= 0.3 is 33.6 Å². The molecule has 0 aliphatic heterocycles. The summed E-state index contributed by atoms with van der Waals surface area (Å²) in [6.45, 7) is 2.36. The molecule has 630 valence electrons. The van der Waals surface area contributed by atoms with Crippen LogP contribution >= 0.6 is 15.6 Å². The van der Waals surface area contributed by atoms with Crippen LogP contribution in [0.15, 0.2) is 194 Å². The highest BCUT2D eigenvalue weighted by atomic mass is 31.2. The molecule has 0 aliphatic carbocycles. The molecular weight excluding hydrogens is 1430 g/mol. The van der Waals surface area contributed by atoms with Gasteiger partial charge in [-0.25, -0.2) is 9.13 Å². The van der Waals surface area contributed by atoms with Gasteiger partial charge in [-0.1, -0.05) is 324 Å². The van der Waals surface area contributed by atoms with Crippen molar-refractivity contribution in [3.8, 4) is 0 Å². The summed E-state index contributed by atoms with van der Waals surface area (Å²) in [5.74, 6) is -1.65. The van der Waals surface area contributed by atoms with Crippen molar-refractivity contribution < 1.29 is 75.8 Å². The topological polar surface area (TPSA) is 231 Å². The number of carbonyl (C=O) groups is 3. The highest BCUT2D eigenvalue weighted by molar-refractivity contribution is 7.47. The number of esters is 3. The number of aliphatic hydroxyl groups is 2. The van der Waals surface area contributed by atoms with E-state index in [4.69, 9.17) is 32.3 Å². The molecule has 0 spiro atoms. The van der Waals surface area contributed by atoms with Crippen LogP contribution in [-0.2, 0) is 55.8 Å². The molecule has 0 aromatic rings. The van der Waals surface area contributed by atoms with Crippen LogP contribution in [0.4, 0.5) is 0 Å². The van der Waals surface area contributed by atoms with Crippen molar-refractivity contribution in [2.24, 2.45) is 0 Å². The molecule has 0 fully saturated rings. The molecule has 0 aromatic carbocycles. The zero-order valence-electron chi connectivity index (χ0n) is 69.1. The third-order valence-electron chi connectivity index (χ3n) is 17.3. The number of hydrogen-bond acceptors (Lipinski definition) is 14. The molecule has 0 saturated carbocycles. The van der Waals surface area contributed by atoms with Gasteiger partial charge in [-0.05, 0) is 167 Å². The summed E-state index contributed by atoms with van der Waals surface area (Å²) in [7, 11) is -9.83. The SMILES string of the molecule is CC/C=C\C/C=C\C/C=C\C/C=C\C/C=C\C/C=C\CCCCCCCCCCCCCCC(=O)OCC(O)COP(=O)(O)OCC(O)COP(=O)(O)OCC(COC(=O)CCCCCCCCC/C=C\C/C=C\C/C=C\C/C=C\CCCCC)OC(=O)CCCC/C=C\C/C=C\C/C=C\C/C=C\C/C=C\C/C=C\CC. The lowest BCUT2D eigenvalue weighted by Gasteiger charge is -2.21. The van der Waals surface area contributed by atoms with E-state index in [2.05, 4.69) is 215 Å². The monoisotopic (exact) mass is 1590 g/mol. The van der Waals surface area contributed by atoms with Crippen LogP contribution in [0, 0.1) is 0 Å². The van der Waals surface area contributed by atoms with Crippen LogP contribution in [-0.4, -0.2) is 95.9 Å². The fraction of sp³-hybridized carbons (Fsp3) is 0.624. The summed E-state index contributed by atoms with van der Waals surface area (Å²) >= 11 is 0. The molecule has 111 heavy (non-hydrogen) atoms. The van der Waals surface area contributed by atoms with Crippen LogP contribution in [0.5, 0.6) is 0 Å². The predicted octanol–water partition coefficient (Wildman–Crippen LogP) is 25.9. The zero-order valence-corrected chi connectivity index (χ0v) is 70.8. The quantitative estimate of drug-likeness (QED) is 0.0146. The third kappa shape index (κ3) is 85.1. The van der Waals surface area contributed by atoms with Crippen LogP contribution in [0.25, 0.3) is 0 Å². The molecule has 0 bridgehead atoms. The van der Waals surface area contributed by atoms with Gasteiger partial charge in [0.2, 0.25) is 0 Å². The highest BCUT2D eigenvalue weighted by Crippen LogP contribution is 2.45. The van der Waals surface area contributed by atoms with Gasteiger partial charge in [0, 0.05) is 19.3 Å². The third-order valence-corrected chi connectivity index (χ3v) is 19.2. The van der Waals surface area contributed by atoms with Gasteiger partial charge in [0.25, 0.3) is 0 Å². The molecule has 16 nitrogen and oxygen atoms in total. The Balaban J connectivity index is 4.66. The second-order valence-corrected chi connectivity index (χ2v) is 30.8. The fourth-order valence-electron chi connectivity index (χ4n) is 10.9. The first-order valence-electron chi connectivity index (χ1n) is 42.7. The lowest BCUT2D eigenvalue weighted by molar-refractivity contribution is -0.161. The number of phosphoric acid groups is 2. The van der Waals surface area contributed by atoms with E-state index >= 15 is 0 Å². The highest BCUT2D eigenvalue weighted by Gasteiger charge is 2.29. The van der Waals surface area contributed by atoms with E-state index in [1.54, 1.807) is 0 Å². The molecule has 4 N–H and O–H groups in total. The molecule has 0 amide bonds. The lowest BCUT2D eigenvalue weighted by atomic mass is 10.0. The Morgan fingerprint density at radius 3 is 0.775 bits per heavy atom. The van der Waals surface area contributed by atoms with E-state index < -0.39 is 91.5 Å². The molecule has 5 unspecified atom stereocenters. The first-order chi connectivity index (χ1) is 54.2. The number of unbranched alkanes of at least 4 members (excludes halogenated alkanes) is 24. The second kappa shape index (κ2) is 83.8. The summed E-state index contributed by atoms with van der Waals surface area (Å²) < 4.78 is 61.3. The van der Waals surface area contributed by atoms with Gasteiger partial charge in [0.15, 0.2) is 6.10 Å². The molecule has 0 aliphatic rings. The van der Waals surface area contributed by atoms with Crippen molar-refractivity contribution in [2.45, 2.75) is 334 Å². The van der Waals surface area contributed by atoms with E-state index in [1.165, 1.54) is 77.0 Å². The van der Waals surface area contributed by atoms with E-state index in [0.29, 0.717) is 25.7 Å². The summed E-state index contributed by atoms with van der Waals surface area (Å²) in [4.78, 5) is 58.8. The molecule has 18 heteroatoms. The molecular formula is C93H152O16P2. The zero-order chi connectivity index (χ0) is 80.8. The molecule has 0 aromatic heterocycles. The van der Waals surface area contributed by atoms with E-state index in [1.807, 2.05) is 0 Å². The van der Waals surface area contributed by atoms with Crippen molar-refractivity contribution in [1.29, 1.82) is 0 Å². The first-order valence-corrected chi connectivity index (χ1v) is 45.7. The maximum absolute atomic E-state index is 13.0. The minimum Gasteiger partial charge on any atom is -0.463 e. The van der Waals surface area contributed by atoms with Gasteiger partial charge in [0.05, 0.1) is 26.4 Å². The number of rotatable bonds is 79. The van der Waals surface area contributed by atoms with Gasteiger partial charge in [-0.3, -0.25) is 32.5 Å². The Morgan fingerprint density at radius 1 is 0.261 bits per heavy atom. The van der Waals surface area contributed by atoms with Crippen LogP contribution in [0.1, 0.15) is 316 Å². The molecule has 0 rings (SSSR count). The lowest BCUT2D eigenvalue weighted by Crippen LogP contribution is -2.30. The minimum atomic E-state index is -4.96. The average molecular weight is 1590 g/mol. The van der Waals surface area contributed by atoms with Gasteiger partial charge in [-0.15, -0.1) is 0 Å². The number of carbonyl (C=O) groups excluding carboxylic acids is 3. The summed E-state index contributed by atoms with van der Waals surface area (Å²) in [5, 5.41) is 20.7. The van der Waals surface area contributed by atoms with Crippen LogP contribution in [0.2, 0.25) is 0 Å². The van der Waals surface area contributed by atoms with E-state index in [-0.39, 0.29) is 19.3 Å². The van der Waals surface area contributed by atoms with E-state index in [9.17, 15) is 43.5 Å². The first kappa shape index (κ1) is 105. The largest absolute Gasteiger partial charge is 0.472 e. The Bertz CT molecular complexity index is 2800. The average Bonchev–Trinajstić information content (AvgIpc) is 0.900. The van der Waals surface area contributed by atoms with Crippen molar-refractivity contribution in [3.63, 3.8) is 0 Å². The fourth-order valence-corrected chi connectivity index (χ4v) is 12.4. The van der Waals surface area contributed by atoms with Crippen molar-refractivity contribution in [3.05, 3.63) is 194 Å². The molecule has 0 radical (unpaired) electrons.